The highest BCUT2D eigenvalue weighted by Crippen LogP contribution is 2.63. The molecule has 0 unspecified atom stereocenters. The number of morpholine rings is 1. The lowest BCUT2D eigenvalue weighted by molar-refractivity contribution is -0.255. The Morgan fingerprint density at radius 1 is 1.33 bits per heavy atom. The highest BCUT2D eigenvalue weighted by atomic mass is 16.6. The van der Waals surface area contributed by atoms with E-state index in [0.717, 1.165) is 6.54 Å². The van der Waals surface area contributed by atoms with Crippen LogP contribution in [0.25, 0.3) is 0 Å². The molecule has 3 N–H and O–H groups in total. The van der Waals surface area contributed by atoms with Crippen LogP contribution in [-0.4, -0.2) is 78.6 Å². The second-order valence-electron chi connectivity index (χ2n) is 8.47. The van der Waals surface area contributed by atoms with Crippen molar-refractivity contribution in [2.45, 2.75) is 36.8 Å². The van der Waals surface area contributed by atoms with Crippen molar-refractivity contribution in [2.75, 3.05) is 32.8 Å². The molecule has 1 amide bonds. The molecule has 10 nitrogen and oxygen atoms in total. The first-order valence-corrected chi connectivity index (χ1v) is 10.3. The summed E-state index contributed by atoms with van der Waals surface area (Å²) in [4.78, 5) is 25.8. The Morgan fingerprint density at radius 2 is 2.13 bits per heavy atom. The van der Waals surface area contributed by atoms with Crippen molar-refractivity contribution < 1.29 is 38.9 Å². The van der Waals surface area contributed by atoms with Gasteiger partial charge in [0.2, 0.25) is 5.91 Å². The predicted octanol–water partition coefficient (Wildman–Crippen LogP) is -1.81. The number of nitrogens with zero attached hydrogens (tertiary/aromatic N) is 1. The minimum absolute atomic E-state index is 0.0368. The van der Waals surface area contributed by atoms with Crippen molar-refractivity contribution in [3.8, 4) is 11.5 Å². The first-order chi connectivity index (χ1) is 14.3. The van der Waals surface area contributed by atoms with Crippen molar-refractivity contribution >= 4 is 18.6 Å². The lowest BCUT2D eigenvalue weighted by atomic mass is 9.68. The van der Waals surface area contributed by atoms with E-state index in [4.69, 9.17) is 14.1 Å². The zero-order valence-corrected chi connectivity index (χ0v) is 16.3. The Labute approximate surface area is 172 Å². The van der Waals surface area contributed by atoms with Gasteiger partial charge in [-0.2, -0.15) is 0 Å². The van der Waals surface area contributed by atoms with E-state index in [1.807, 2.05) is 0 Å². The number of nitrogens with one attached hydrogen (secondary N) is 1. The Hall–Kier alpha value is -2.34. The molecule has 1 aliphatic carbocycles. The van der Waals surface area contributed by atoms with Gasteiger partial charge in [-0.25, -0.2) is 0 Å². The van der Waals surface area contributed by atoms with Gasteiger partial charge < -0.3 is 44.3 Å². The molecule has 11 heteroatoms. The molecule has 30 heavy (non-hydrogen) atoms. The van der Waals surface area contributed by atoms with E-state index in [2.05, 4.69) is 5.32 Å². The van der Waals surface area contributed by atoms with Crippen molar-refractivity contribution in [3.63, 3.8) is 0 Å². The van der Waals surface area contributed by atoms with Gasteiger partial charge >= 0.3 is 6.75 Å². The Bertz CT molecular complexity index is 882. The number of carboxylic acid groups (broad SMARTS) is 1. The SMILES string of the molecule is O=C([O-])c1c(OC2CN(C(=O)C[C@@H]3CNCCO3)C2)ccc2c1O[B-](O)(O)[C@@H]1C[C@H]21. The van der Waals surface area contributed by atoms with Gasteiger partial charge in [-0.1, -0.05) is 18.3 Å². The Kier molecular flexibility index (Phi) is 4.66. The van der Waals surface area contributed by atoms with Crippen molar-refractivity contribution in [1.82, 2.24) is 10.2 Å². The third-order valence-electron chi connectivity index (χ3n) is 6.34. The molecule has 3 heterocycles. The van der Waals surface area contributed by atoms with Gasteiger partial charge in [0.25, 0.3) is 0 Å². The minimum Gasteiger partial charge on any atom is -0.669 e. The summed E-state index contributed by atoms with van der Waals surface area (Å²) >= 11 is 0. The fourth-order valence-electron chi connectivity index (χ4n) is 4.57. The molecule has 0 spiro atoms. The number of carbonyl (C=O) groups excluding carboxylic acids is 2. The van der Waals surface area contributed by atoms with Crippen LogP contribution in [0.15, 0.2) is 12.1 Å². The summed E-state index contributed by atoms with van der Waals surface area (Å²) in [6.07, 6.45) is 0.314. The summed E-state index contributed by atoms with van der Waals surface area (Å²) in [5.41, 5.74) is 0.303. The molecule has 1 saturated carbocycles. The number of likely N-dealkylation sites (tertiary alicyclic amines) is 1. The van der Waals surface area contributed by atoms with E-state index < -0.39 is 18.5 Å². The third-order valence-corrected chi connectivity index (χ3v) is 6.34. The zero-order valence-electron chi connectivity index (χ0n) is 16.3. The van der Waals surface area contributed by atoms with E-state index in [9.17, 15) is 24.7 Å². The highest BCUT2D eigenvalue weighted by Gasteiger charge is 2.55. The lowest BCUT2D eigenvalue weighted by Gasteiger charge is -2.41. The molecule has 5 rings (SSSR count). The maximum Gasteiger partial charge on any atom is 0.434 e. The van der Waals surface area contributed by atoms with Gasteiger partial charge in [0.05, 0.1) is 49.5 Å². The number of aromatic carboxylic acids is 1. The summed E-state index contributed by atoms with van der Waals surface area (Å²) in [5.74, 6) is -2.15. The Balaban J connectivity index is 1.25. The van der Waals surface area contributed by atoms with E-state index in [0.29, 0.717) is 38.2 Å². The van der Waals surface area contributed by atoms with Gasteiger partial charge in [-0.15, -0.1) is 0 Å². The van der Waals surface area contributed by atoms with Crippen molar-refractivity contribution in [3.05, 3.63) is 23.3 Å². The number of carbonyl (C=O) groups is 2. The summed E-state index contributed by atoms with van der Waals surface area (Å²) in [5, 5.41) is 35.1. The molecule has 3 aliphatic heterocycles. The molecule has 1 aromatic rings. The van der Waals surface area contributed by atoms with Gasteiger partial charge in [0, 0.05) is 13.1 Å². The average molecular weight is 418 g/mol. The summed E-state index contributed by atoms with van der Waals surface area (Å²) in [6.45, 7) is -0.427. The van der Waals surface area contributed by atoms with Gasteiger partial charge in [0.15, 0.2) is 0 Å². The van der Waals surface area contributed by atoms with Crippen LogP contribution in [0.4, 0.5) is 0 Å². The van der Waals surface area contributed by atoms with E-state index in [1.54, 1.807) is 17.0 Å². The summed E-state index contributed by atoms with van der Waals surface area (Å²) < 4.78 is 16.6. The minimum atomic E-state index is -3.11. The summed E-state index contributed by atoms with van der Waals surface area (Å²) in [7, 11) is 0. The third kappa shape index (κ3) is 3.41. The second kappa shape index (κ2) is 7.12. The van der Waals surface area contributed by atoms with Crippen LogP contribution in [0.1, 0.15) is 34.7 Å². The molecule has 0 aromatic heterocycles. The number of amides is 1. The summed E-state index contributed by atoms with van der Waals surface area (Å²) in [6, 6.07) is 3.24. The average Bonchev–Trinajstić information content (AvgIpc) is 3.46. The smallest absolute Gasteiger partial charge is 0.434 e. The monoisotopic (exact) mass is 418 g/mol. The maximum absolute atomic E-state index is 12.4. The number of hydrogen-bond donors (Lipinski definition) is 3. The number of carboxylic acids is 1. The normalized spacial score (nSPS) is 29.1. The standard InChI is InChI=1S/C19H24BN2O8/c23-16(5-10-7-21-3-4-28-10)22-8-11(9-22)29-15-2-1-12-13-6-14(13)20(26,27)30-18(12)17(15)19(24)25/h1-2,10-11,13-14,21,26-27H,3-9H2,(H,24,25)/q-1/p-1/t10-,13-,14-/m1/s1. The number of rotatable bonds is 5. The molecule has 3 atom stereocenters. The number of hydrogen-bond acceptors (Lipinski definition) is 9. The zero-order chi connectivity index (χ0) is 21.0. The van der Waals surface area contributed by atoms with Crippen LogP contribution in [0.5, 0.6) is 11.5 Å². The van der Waals surface area contributed by atoms with Crippen LogP contribution in [0.2, 0.25) is 5.82 Å². The molecule has 2 saturated heterocycles. The van der Waals surface area contributed by atoms with Gasteiger partial charge in [-0.3, -0.25) is 4.79 Å². The number of ether oxygens (including phenoxy) is 2. The van der Waals surface area contributed by atoms with Gasteiger partial charge in [0.1, 0.15) is 11.9 Å². The number of fused-ring (bicyclic) bond motifs is 3. The maximum atomic E-state index is 12.4. The predicted molar refractivity (Wildman–Crippen MR) is 101 cm³/mol. The van der Waals surface area contributed by atoms with E-state index in [1.165, 1.54) is 0 Å². The molecular formula is C19H23BN2O8-2. The molecule has 0 radical (unpaired) electrons. The largest absolute Gasteiger partial charge is 0.669 e. The van der Waals surface area contributed by atoms with E-state index in [-0.39, 0.29) is 47.5 Å². The molecule has 0 bridgehead atoms. The van der Waals surface area contributed by atoms with Crippen LogP contribution < -0.4 is 19.8 Å². The van der Waals surface area contributed by atoms with Crippen LogP contribution in [0, 0.1) is 0 Å². The first kappa shape index (κ1) is 19.6. The molecule has 1 aromatic carbocycles. The number of benzene rings is 1. The van der Waals surface area contributed by atoms with Crippen LogP contribution in [-0.2, 0) is 9.53 Å². The molecule has 3 fully saturated rings. The van der Waals surface area contributed by atoms with Crippen molar-refractivity contribution in [2.24, 2.45) is 0 Å². The Morgan fingerprint density at radius 3 is 2.83 bits per heavy atom. The van der Waals surface area contributed by atoms with E-state index >= 15 is 0 Å². The molecule has 162 valence electrons. The fourth-order valence-corrected chi connectivity index (χ4v) is 4.57. The van der Waals surface area contributed by atoms with Crippen molar-refractivity contribution in [1.29, 1.82) is 0 Å². The lowest BCUT2D eigenvalue weighted by Crippen LogP contribution is -2.57. The van der Waals surface area contributed by atoms with Crippen LogP contribution >= 0.6 is 0 Å². The quantitative estimate of drug-likeness (QED) is 0.472. The molecule has 4 aliphatic rings. The first-order valence-electron chi connectivity index (χ1n) is 10.3. The molecular weight excluding hydrogens is 395 g/mol. The van der Waals surface area contributed by atoms with Gasteiger partial charge in [-0.05, 0) is 17.5 Å². The highest BCUT2D eigenvalue weighted by molar-refractivity contribution is 6.62. The topological polar surface area (TPSA) is 141 Å². The second-order valence-corrected chi connectivity index (χ2v) is 8.47. The fraction of sp³-hybridized carbons (Fsp3) is 0.579. The van der Waals surface area contributed by atoms with Crippen LogP contribution in [0.3, 0.4) is 0 Å².